The minimum atomic E-state index is -0.132. The summed E-state index contributed by atoms with van der Waals surface area (Å²) in [5.41, 5.74) is 0.107. The Bertz CT molecular complexity index is 122. The van der Waals surface area contributed by atoms with Crippen LogP contribution in [0.5, 0.6) is 0 Å². The van der Waals surface area contributed by atoms with Crippen molar-refractivity contribution in [3.8, 4) is 0 Å². The Morgan fingerprint density at radius 2 is 2.20 bits per heavy atom. The monoisotopic (exact) mass is 143 g/mol. The van der Waals surface area contributed by atoms with Crippen LogP contribution in [0.1, 0.15) is 20.8 Å². The summed E-state index contributed by atoms with van der Waals surface area (Å²) in [5.74, 6) is 0. The van der Waals surface area contributed by atoms with E-state index < -0.39 is 0 Å². The van der Waals surface area contributed by atoms with E-state index in [9.17, 15) is 5.11 Å². The summed E-state index contributed by atoms with van der Waals surface area (Å²) in [4.78, 5) is 2.28. The molecule has 0 saturated carbocycles. The van der Waals surface area contributed by atoms with Crippen LogP contribution in [-0.4, -0.2) is 35.7 Å². The van der Waals surface area contributed by atoms with Crippen molar-refractivity contribution >= 4 is 0 Å². The van der Waals surface area contributed by atoms with Gasteiger partial charge in [-0.1, -0.05) is 20.8 Å². The highest BCUT2D eigenvalue weighted by molar-refractivity contribution is 4.89. The van der Waals surface area contributed by atoms with E-state index in [0.717, 1.165) is 19.6 Å². The lowest BCUT2D eigenvalue weighted by molar-refractivity contribution is 0.0956. The van der Waals surface area contributed by atoms with Gasteiger partial charge in [-0.3, -0.25) is 0 Å². The van der Waals surface area contributed by atoms with Gasteiger partial charge in [-0.2, -0.15) is 0 Å². The predicted molar refractivity (Wildman–Crippen MR) is 41.9 cm³/mol. The maximum atomic E-state index is 9.52. The molecule has 1 heterocycles. The Labute approximate surface area is 62.8 Å². The molecule has 0 aliphatic carbocycles. The SMILES string of the molecule is CCN1CC(O)C(C)(C)C1. The lowest BCUT2D eigenvalue weighted by Crippen LogP contribution is -2.26. The maximum Gasteiger partial charge on any atom is 0.0730 e. The summed E-state index contributed by atoms with van der Waals surface area (Å²) in [5, 5.41) is 9.52. The second-order valence-corrected chi connectivity index (χ2v) is 3.83. The normalized spacial score (nSPS) is 33.0. The number of rotatable bonds is 1. The molecule has 0 bridgehead atoms. The maximum absolute atomic E-state index is 9.52. The molecule has 10 heavy (non-hydrogen) atoms. The van der Waals surface area contributed by atoms with Crippen molar-refractivity contribution in [1.29, 1.82) is 0 Å². The third-order valence-electron chi connectivity index (χ3n) is 2.41. The summed E-state index contributed by atoms with van der Waals surface area (Å²) in [6.45, 7) is 9.31. The molecule has 1 aliphatic heterocycles. The van der Waals surface area contributed by atoms with Gasteiger partial charge in [0.2, 0.25) is 0 Å². The molecule has 1 saturated heterocycles. The van der Waals surface area contributed by atoms with Crippen LogP contribution >= 0.6 is 0 Å². The first kappa shape index (κ1) is 8.02. The second-order valence-electron chi connectivity index (χ2n) is 3.83. The van der Waals surface area contributed by atoms with Crippen molar-refractivity contribution in [3.63, 3.8) is 0 Å². The van der Waals surface area contributed by atoms with Gasteiger partial charge < -0.3 is 10.0 Å². The van der Waals surface area contributed by atoms with Gasteiger partial charge in [0, 0.05) is 18.5 Å². The zero-order valence-corrected chi connectivity index (χ0v) is 7.09. The van der Waals surface area contributed by atoms with Crippen LogP contribution in [0.25, 0.3) is 0 Å². The Morgan fingerprint density at radius 1 is 1.60 bits per heavy atom. The number of likely N-dealkylation sites (N-methyl/N-ethyl adjacent to an activating group) is 1. The van der Waals surface area contributed by atoms with E-state index in [1.165, 1.54) is 0 Å². The molecule has 2 heteroatoms. The molecule has 0 spiro atoms. The Balaban J connectivity index is 2.53. The van der Waals surface area contributed by atoms with Gasteiger partial charge in [0.15, 0.2) is 0 Å². The molecular weight excluding hydrogens is 126 g/mol. The molecule has 1 unspecified atom stereocenters. The van der Waals surface area contributed by atoms with E-state index in [0.29, 0.717) is 0 Å². The summed E-state index contributed by atoms with van der Waals surface area (Å²) < 4.78 is 0. The summed E-state index contributed by atoms with van der Waals surface area (Å²) in [7, 11) is 0. The number of aliphatic hydroxyl groups is 1. The van der Waals surface area contributed by atoms with Gasteiger partial charge in [-0.25, -0.2) is 0 Å². The molecule has 2 nitrogen and oxygen atoms in total. The van der Waals surface area contributed by atoms with Gasteiger partial charge in [0.25, 0.3) is 0 Å². The molecular formula is C8H17NO. The Kier molecular flexibility index (Phi) is 2.02. The van der Waals surface area contributed by atoms with Crippen molar-refractivity contribution in [1.82, 2.24) is 4.90 Å². The van der Waals surface area contributed by atoms with Crippen LogP contribution < -0.4 is 0 Å². The third-order valence-corrected chi connectivity index (χ3v) is 2.41. The highest BCUT2D eigenvalue weighted by atomic mass is 16.3. The van der Waals surface area contributed by atoms with Gasteiger partial charge in [-0.05, 0) is 6.54 Å². The van der Waals surface area contributed by atoms with Crippen LogP contribution in [0.2, 0.25) is 0 Å². The van der Waals surface area contributed by atoms with Gasteiger partial charge in [-0.15, -0.1) is 0 Å². The highest BCUT2D eigenvalue weighted by Gasteiger charge is 2.36. The molecule has 1 rings (SSSR count). The van der Waals surface area contributed by atoms with Crippen molar-refractivity contribution in [2.75, 3.05) is 19.6 Å². The molecule has 0 aromatic rings. The first-order valence-electron chi connectivity index (χ1n) is 3.96. The first-order valence-corrected chi connectivity index (χ1v) is 3.96. The molecule has 60 valence electrons. The van der Waals surface area contributed by atoms with Crippen LogP contribution in [0.3, 0.4) is 0 Å². The van der Waals surface area contributed by atoms with E-state index in [2.05, 4.69) is 25.7 Å². The zero-order valence-electron chi connectivity index (χ0n) is 7.09. The van der Waals surface area contributed by atoms with Crippen LogP contribution in [0.15, 0.2) is 0 Å². The second kappa shape index (κ2) is 2.51. The van der Waals surface area contributed by atoms with Crippen LogP contribution in [-0.2, 0) is 0 Å². The number of nitrogens with zero attached hydrogens (tertiary/aromatic N) is 1. The number of hydrogen-bond donors (Lipinski definition) is 1. The van der Waals surface area contributed by atoms with E-state index in [1.807, 2.05) is 0 Å². The van der Waals surface area contributed by atoms with Gasteiger partial charge in [0.05, 0.1) is 6.10 Å². The molecule has 0 amide bonds. The molecule has 0 aromatic carbocycles. The number of β-amino-alcohol motifs (C(OH)–C–C–N with tert-alkyl or cyclic N) is 1. The minimum absolute atomic E-state index is 0.107. The fourth-order valence-electron chi connectivity index (χ4n) is 1.48. The molecule has 1 aliphatic rings. The van der Waals surface area contributed by atoms with E-state index in [-0.39, 0.29) is 11.5 Å². The average Bonchev–Trinajstić information content (AvgIpc) is 2.08. The first-order chi connectivity index (χ1) is 4.56. The van der Waals surface area contributed by atoms with Crippen LogP contribution in [0, 0.1) is 5.41 Å². The number of likely N-dealkylation sites (tertiary alicyclic amines) is 1. The molecule has 0 radical (unpaired) electrons. The molecule has 1 fully saturated rings. The van der Waals surface area contributed by atoms with E-state index >= 15 is 0 Å². The fourth-order valence-corrected chi connectivity index (χ4v) is 1.48. The molecule has 0 aromatic heterocycles. The Hall–Kier alpha value is -0.0800. The van der Waals surface area contributed by atoms with E-state index in [4.69, 9.17) is 0 Å². The smallest absolute Gasteiger partial charge is 0.0730 e. The lowest BCUT2D eigenvalue weighted by Gasteiger charge is -2.20. The summed E-state index contributed by atoms with van der Waals surface area (Å²) >= 11 is 0. The standard InChI is InChI=1S/C8H17NO/c1-4-9-5-7(10)8(2,3)6-9/h7,10H,4-6H2,1-3H3. The lowest BCUT2D eigenvalue weighted by atomic mass is 9.90. The minimum Gasteiger partial charge on any atom is -0.391 e. The van der Waals surface area contributed by atoms with Crippen LogP contribution in [0.4, 0.5) is 0 Å². The predicted octanol–water partition coefficient (Wildman–Crippen LogP) is 0.709. The quantitative estimate of drug-likeness (QED) is 0.584. The largest absolute Gasteiger partial charge is 0.391 e. The average molecular weight is 143 g/mol. The molecule has 1 N–H and O–H groups in total. The summed E-state index contributed by atoms with van der Waals surface area (Å²) in [6.07, 6.45) is -0.132. The number of aliphatic hydroxyl groups excluding tert-OH is 1. The highest BCUT2D eigenvalue weighted by Crippen LogP contribution is 2.28. The fraction of sp³-hybridized carbons (Fsp3) is 1.00. The zero-order chi connectivity index (χ0) is 7.78. The summed E-state index contributed by atoms with van der Waals surface area (Å²) in [6, 6.07) is 0. The van der Waals surface area contributed by atoms with Gasteiger partial charge in [0.1, 0.15) is 0 Å². The topological polar surface area (TPSA) is 23.5 Å². The number of hydrogen-bond acceptors (Lipinski definition) is 2. The van der Waals surface area contributed by atoms with Gasteiger partial charge >= 0.3 is 0 Å². The van der Waals surface area contributed by atoms with Crippen molar-refractivity contribution < 1.29 is 5.11 Å². The van der Waals surface area contributed by atoms with Crippen molar-refractivity contribution in [2.45, 2.75) is 26.9 Å². The van der Waals surface area contributed by atoms with Crippen molar-refractivity contribution in [3.05, 3.63) is 0 Å². The molecule has 1 atom stereocenters. The van der Waals surface area contributed by atoms with Crippen molar-refractivity contribution in [2.24, 2.45) is 5.41 Å². The Morgan fingerprint density at radius 3 is 2.40 bits per heavy atom. The van der Waals surface area contributed by atoms with E-state index in [1.54, 1.807) is 0 Å². The third kappa shape index (κ3) is 1.32.